The second kappa shape index (κ2) is 17.2. The minimum Gasteiger partial charge on any atom is -0.455 e. The molecule has 3 heteroatoms. The number of benzene rings is 14. The third kappa shape index (κ3) is 5.91. The highest BCUT2D eigenvalue weighted by Crippen LogP contribution is 2.66. The molecule has 3 nitrogen and oxygen atoms in total. The van der Waals surface area contributed by atoms with Gasteiger partial charge in [-0.1, -0.05) is 255 Å². The molecule has 0 saturated heterocycles. The maximum atomic E-state index is 6.65. The molecule has 402 valence electrons. The number of hydrogen-bond donors (Lipinski definition) is 0. The fraction of sp³-hybridized carbons (Fsp3) is 0.0238. The molecule has 4 aliphatic rings. The average molecular weight is 1100 g/mol. The van der Waals surface area contributed by atoms with Crippen molar-refractivity contribution in [2.75, 3.05) is 4.90 Å². The van der Waals surface area contributed by atoms with Crippen molar-refractivity contribution < 1.29 is 4.42 Å². The summed E-state index contributed by atoms with van der Waals surface area (Å²) in [6, 6.07) is 114. The number of aromatic nitrogens is 1. The Morgan fingerprint density at radius 1 is 0.287 bits per heavy atom. The van der Waals surface area contributed by atoms with Crippen LogP contribution in [-0.4, -0.2) is 4.57 Å². The first-order valence-corrected chi connectivity index (χ1v) is 30.3. The van der Waals surface area contributed by atoms with Crippen molar-refractivity contribution >= 4 is 71.6 Å². The van der Waals surface area contributed by atoms with Crippen molar-refractivity contribution in [2.24, 2.45) is 0 Å². The predicted molar refractivity (Wildman–Crippen MR) is 358 cm³/mol. The van der Waals surface area contributed by atoms with E-state index in [4.69, 9.17) is 4.42 Å². The topological polar surface area (TPSA) is 21.3 Å². The first kappa shape index (κ1) is 47.1. The lowest BCUT2D eigenvalue weighted by Crippen LogP contribution is -2.33. The molecule has 0 bridgehead atoms. The smallest absolute Gasteiger partial charge is 0.143 e. The van der Waals surface area contributed by atoms with E-state index in [0.29, 0.717) is 0 Å². The van der Waals surface area contributed by atoms with Gasteiger partial charge < -0.3 is 13.9 Å². The van der Waals surface area contributed by atoms with Gasteiger partial charge in [0.25, 0.3) is 0 Å². The zero-order valence-electron chi connectivity index (χ0n) is 47.2. The minimum absolute atomic E-state index is 0.507. The molecule has 0 amide bonds. The summed E-state index contributed by atoms with van der Waals surface area (Å²) in [5.74, 6) is 0. The molecule has 16 aromatic rings. The van der Waals surface area contributed by atoms with Gasteiger partial charge in [0.05, 0.1) is 38.9 Å². The summed E-state index contributed by atoms with van der Waals surface area (Å²) in [7, 11) is 0. The lowest BCUT2D eigenvalue weighted by atomic mass is 9.65. The number of furan rings is 1. The normalized spacial score (nSPS) is 15.0. The molecule has 0 saturated carbocycles. The molecule has 1 aliphatic heterocycles. The van der Waals surface area contributed by atoms with E-state index in [9.17, 15) is 0 Å². The van der Waals surface area contributed by atoms with Gasteiger partial charge in [-0.05, 0) is 143 Å². The van der Waals surface area contributed by atoms with Crippen molar-refractivity contribution in [2.45, 2.75) is 10.8 Å². The highest BCUT2D eigenvalue weighted by atomic mass is 16.3. The maximum absolute atomic E-state index is 6.65. The molecule has 14 aromatic carbocycles. The van der Waals surface area contributed by atoms with Crippen molar-refractivity contribution in [3.05, 3.63) is 348 Å². The predicted octanol–water partition coefficient (Wildman–Crippen LogP) is 21.7. The Balaban J connectivity index is 0.818. The van der Waals surface area contributed by atoms with Crippen molar-refractivity contribution in [1.29, 1.82) is 0 Å². The van der Waals surface area contributed by atoms with Crippen LogP contribution in [0.5, 0.6) is 0 Å². The van der Waals surface area contributed by atoms with Crippen LogP contribution in [-0.2, 0) is 10.8 Å². The first-order chi connectivity index (χ1) is 43.2. The minimum atomic E-state index is -0.571. The number of rotatable bonds is 5. The van der Waals surface area contributed by atoms with Crippen LogP contribution in [0.2, 0.25) is 0 Å². The van der Waals surface area contributed by atoms with E-state index in [0.717, 1.165) is 55.5 Å². The maximum Gasteiger partial charge on any atom is 0.143 e. The quantitative estimate of drug-likeness (QED) is 0.171. The SMILES string of the molecule is c1ccc2c(c1)-c1ccccc1C21c2ccccc2-c2c(N(c3ccc(-c4cccc5c4oc4ccccc45)cc3)c3ccc(-c4ccc5c(c4)C4(c6ccccc6-5)c5ccccc5-n5c6ccccc6c6cccc4c65)c4ccccc34)cccc21. The van der Waals surface area contributed by atoms with Crippen LogP contribution in [0.25, 0.3) is 116 Å². The van der Waals surface area contributed by atoms with E-state index in [1.165, 1.54) is 122 Å². The molecule has 0 radical (unpaired) electrons. The van der Waals surface area contributed by atoms with E-state index < -0.39 is 10.8 Å². The zero-order valence-corrected chi connectivity index (χ0v) is 47.2. The summed E-state index contributed by atoms with van der Waals surface area (Å²) < 4.78 is 9.18. The Labute approximate surface area is 502 Å². The molecule has 0 N–H and O–H groups in total. The molecule has 0 fully saturated rings. The van der Waals surface area contributed by atoms with Crippen molar-refractivity contribution in [1.82, 2.24) is 4.57 Å². The largest absolute Gasteiger partial charge is 0.455 e. The summed E-state index contributed by atoms with van der Waals surface area (Å²) in [5.41, 5.74) is 30.5. The van der Waals surface area contributed by atoms with Crippen LogP contribution in [0.1, 0.15) is 44.5 Å². The van der Waals surface area contributed by atoms with Gasteiger partial charge in [0, 0.05) is 43.7 Å². The fourth-order valence-electron chi connectivity index (χ4n) is 16.9. The number of fused-ring (bicyclic) bond motifs is 26. The summed E-state index contributed by atoms with van der Waals surface area (Å²) in [6.07, 6.45) is 0. The lowest BCUT2D eigenvalue weighted by Gasteiger charge is -2.39. The van der Waals surface area contributed by atoms with Crippen LogP contribution in [0.4, 0.5) is 17.1 Å². The van der Waals surface area contributed by atoms with Gasteiger partial charge in [-0.2, -0.15) is 0 Å². The average Bonchev–Trinajstić information content (AvgIpc) is 1.68. The highest BCUT2D eigenvalue weighted by Gasteiger charge is 2.53. The first-order valence-electron chi connectivity index (χ1n) is 30.3. The van der Waals surface area contributed by atoms with E-state index in [2.05, 4.69) is 307 Å². The third-order valence-electron chi connectivity index (χ3n) is 20.2. The Morgan fingerprint density at radius 3 is 1.55 bits per heavy atom. The Morgan fingerprint density at radius 2 is 0.793 bits per heavy atom. The summed E-state index contributed by atoms with van der Waals surface area (Å²) in [6.45, 7) is 0. The summed E-state index contributed by atoms with van der Waals surface area (Å²) in [4.78, 5) is 2.55. The molecular weight excluding hydrogens is 1050 g/mol. The molecule has 2 spiro atoms. The molecular formula is C84H50N2O. The molecule has 87 heavy (non-hydrogen) atoms. The Hall–Kier alpha value is -11.3. The monoisotopic (exact) mass is 1100 g/mol. The van der Waals surface area contributed by atoms with Gasteiger partial charge >= 0.3 is 0 Å². The molecule has 2 aromatic heterocycles. The number of hydrogen-bond acceptors (Lipinski definition) is 2. The Bertz CT molecular complexity index is 5630. The van der Waals surface area contributed by atoms with E-state index in [1.807, 2.05) is 6.07 Å². The lowest BCUT2D eigenvalue weighted by molar-refractivity contribution is 0.670. The summed E-state index contributed by atoms with van der Waals surface area (Å²) >= 11 is 0. The molecule has 3 heterocycles. The number of anilines is 3. The zero-order chi connectivity index (χ0) is 56.7. The second-order valence-corrected chi connectivity index (χ2v) is 24.1. The van der Waals surface area contributed by atoms with Gasteiger partial charge in [0.15, 0.2) is 0 Å². The van der Waals surface area contributed by atoms with Gasteiger partial charge in [-0.3, -0.25) is 0 Å². The fourth-order valence-corrected chi connectivity index (χ4v) is 16.9. The Kier molecular flexibility index (Phi) is 9.32. The molecule has 20 rings (SSSR count). The van der Waals surface area contributed by atoms with E-state index >= 15 is 0 Å². The van der Waals surface area contributed by atoms with Crippen LogP contribution >= 0.6 is 0 Å². The van der Waals surface area contributed by atoms with Gasteiger partial charge in [-0.25, -0.2) is 0 Å². The highest BCUT2D eigenvalue weighted by molar-refractivity contribution is 6.14. The van der Waals surface area contributed by atoms with Crippen LogP contribution in [0.3, 0.4) is 0 Å². The van der Waals surface area contributed by atoms with E-state index in [-0.39, 0.29) is 0 Å². The molecule has 1 atom stereocenters. The number of para-hydroxylation sites is 5. The second-order valence-electron chi connectivity index (χ2n) is 24.1. The standard InChI is InChI=1S/C84H50N2O/c1-2-24-61-56(20-1)54(52-44-47-60-59-23-5-11-33-69(59)84(74(60)50-52)71-35-13-15-39-77(71)86-75-38-14-7-25-62(75)64-29-18-37-73(84)81(64)86)48-49-76(61)85(53-45-42-51(43-46-53)55-28-17-30-65-63-26-8-16-41-79(63)87-82(55)65)78-40-19-36-72-80(78)66-27-6-12-34-70(66)83(72)67-31-9-3-21-57(67)58-22-4-10-32-68(58)83/h1-50H. The van der Waals surface area contributed by atoms with Crippen molar-refractivity contribution in [3.63, 3.8) is 0 Å². The van der Waals surface area contributed by atoms with E-state index in [1.54, 1.807) is 0 Å². The molecule has 3 aliphatic carbocycles. The van der Waals surface area contributed by atoms with Gasteiger partial charge in [-0.15, -0.1) is 0 Å². The van der Waals surface area contributed by atoms with Crippen molar-refractivity contribution in [3.8, 4) is 61.3 Å². The number of nitrogens with zero attached hydrogens (tertiary/aromatic N) is 2. The molecule has 1 unspecified atom stereocenters. The van der Waals surface area contributed by atoms with Crippen LogP contribution in [0.15, 0.2) is 308 Å². The summed E-state index contributed by atoms with van der Waals surface area (Å²) in [5, 5.41) is 7.15. The van der Waals surface area contributed by atoms with Gasteiger partial charge in [0.1, 0.15) is 11.2 Å². The van der Waals surface area contributed by atoms with Crippen LogP contribution < -0.4 is 4.90 Å². The third-order valence-corrected chi connectivity index (χ3v) is 20.2. The van der Waals surface area contributed by atoms with Gasteiger partial charge in [0.2, 0.25) is 0 Å². The van der Waals surface area contributed by atoms with Crippen LogP contribution in [0, 0.1) is 0 Å².